The van der Waals surface area contributed by atoms with Gasteiger partial charge in [0.15, 0.2) is 0 Å². The summed E-state index contributed by atoms with van der Waals surface area (Å²) in [6.45, 7) is 17.6. The summed E-state index contributed by atoms with van der Waals surface area (Å²) in [5.74, 6) is 1.77. The highest BCUT2D eigenvalue weighted by Crippen LogP contribution is 2.76. The van der Waals surface area contributed by atoms with E-state index in [0.717, 1.165) is 44.9 Å². The summed E-state index contributed by atoms with van der Waals surface area (Å²) in [6, 6.07) is 0. The van der Waals surface area contributed by atoms with Crippen molar-refractivity contribution in [2.24, 2.45) is 50.7 Å². The van der Waals surface area contributed by atoms with Gasteiger partial charge in [0.2, 0.25) is 0 Å². The Balaban J connectivity index is 0.000000821. The first-order chi connectivity index (χ1) is 15.3. The number of fused-ring (bicyclic) bond motifs is 7. The van der Waals surface area contributed by atoms with Crippen LogP contribution in [0.4, 0.5) is 0 Å². The van der Waals surface area contributed by atoms with Gasteiger partial charge >= 0.3 is 5.97 Å². The number of rotatable bonds is 1. The Labute approximate surface area is 202 Å². The molecule has 0 bridgehead atoms. The average Bonchev–Trinajstić information content (AvgIpc) is 3.18. The number of hydrogen-bond donors (Lipinski definition) is 2. The topological polar surface area (TPSA) is 57.5 Å². The maximum absolute atomic E-state index is 12.4. The molecule has 0 heterocycles. The normalized spacial score (nSPS) is 52.2. The highest BCUT2D eigenvalue weighted by Gasteiger charge is 2.70. The van der Waals surface area contributed by atoms with Crippen molar-refractivity contribution in [2.75, 3.05) is 0 Å². The molecule has 0 aromatic rings. The fourth-order valence-electron chi connectivity index (χ4n) is 10.9. The van der Waals surface area contributed by atoms with Crippen LogP contribution in [0.3, 0.4) is 0 Å². The van der Waals surface area contributed by atoms with Crippen molar-refractivity contribution >= 4 is 5.97 Å². The maximum Gasteiger partial charge on any atom is 0.309 e. The van der Waals surface area contributed by atoms with E-state index in [2.05, 4.69) is 41.2 Å². The molecule has 0 amide bonds. The van der Waals surface area contributed by atoms with Crippen LogP contribution < -0.4 is 0 Å². The molecule has 5 saturated carbocycles. The van der Waals surface area contributed by atoms with Gasteiger partial charge in [-0.25, -0.2) is 0 Å². The molecule has 3 heteroatoms. The number of allylic oxidation sites excluding steroid dienone is 1. The molecule has 0 aliphatic heterocycles. The second-order valence-corrected chi connectivity index (χ2v) is 13.9. The number of aliphatic carboxylic acids is 1. The fraction of sp³-hybridized carbons (Fsp3) is 0.900. The van der Waals surface area contributed by atoms with Crippen molar-refractivity contribution in [3.63, 3.8) is 0 Å². The highest BCUT2D eigenvalue weighted by atomic mass is 16.4. The molecule has 0 aromatic carbocycles. The second-order valence-electron chi connectivity index (χ2n) is 13.9. The predicted molar refractivity (Wildman–Crippen MR) is 135 cm³/mol. The SMILES string of the molecule is C=CC.CC1(C)C(O)CCC2(C)C1CCC1(C)C2CCC2[C@H]3CCCC3(C(=O)O)CC[C@]21C. The zero-order valence-electron chi connectivity index (χ0n) is 22.3. The third kappa shape index (κ3) is 3.19. The Bertz CT molecular complexity index is 787. The summed E-state index contributed by atoms with van der Waals surface area (Å²) in [5, 5.41) is 21.0. The van der Waals surface area contributed by atoms with Gasteiger partial charge in [-0.15, -0.1) is 6.58 Å². The Kier molecular flexibility index (Phi) is 6.21. The molecule has 0 radical (unpaired) electrons. The summed E-state index contributed by atoms with van der Waals surface area (Å²) < 4.78 is 0. The average molecular weight is 459 g/mol. The minimum atomic E-state index is -0.502. The van der Waals surface area contributed by atoms with Crippen LogP contribution in [0.5, 0.6) is 0 Å². The van der Waals surface area contributed by atoms with Crippen LogP contribution in [0.15, 0.2) is 12.7 Å². The number of carboxylic acid groups (broad SMARTS) is 1. The van der Waals surface area contributed by atoms with Crippen LogP contribution in [-0.4, -0.2) is 22.3 Å². The number of aliphatic hydroxyl groups excluding tert-OH is 1. The van der Waals surface area contributed by atoms with Crippen LogP contribution in [0, 0.1) is 50.7 Å². The van der Waals surface area contributed by atoms with E-state index in [1.165, 1.54) is 25.7 Å². The molecule has 0 spiro atoms. The monoisotopic (exact) mass is 458 g/mol. The largest absolute Gasteiger partial charge is 0.481 e. The van der Waals surface area contributed by atoms with Gasteiger partial charge in [-0.1, -0.05) is 47.1 Å². The first kappa shape index (κ1) is 25.3. The second kappa shape index (κ2) is 8.10. The zero-order valence-corrected chi connectivity index (χ0v) is 22.3. The minimum absolute atomic E-state index is 0.00254. The summed E-state index contributed by atoms with van der Waals surface area (Å²) in [6.07, 6.45) is 13.8. The molecular weight excluding hydrogens is 408 g/mol. The van der Waals surface area contributed by atoms with Crippen molar-refractivity contribution in [3.05, 3.63) is 12.7 Å². The molecule has 5 fully saturated rings. The number of hydrogen-bond acceptors (Lipinski definition) is 2. The Hall–Kier alpha value is -0.830. The molecule has 5 aliphatic rings. The summed E-state index contributed by atoms with van der Waals surface area (Å²) in [7, 11) is 0. The lowest BCUT2D eigenvalue weighted by Gasteiger charge is -2.72. The number of aliphatic hydroxyl groups is 1. The lowest BCUT2D eigenvalue weighted by molar-refractivity contribution is -0.246. The van der Waals surface area contributed by atoms with Crippen LogP contribution >= 0.6 is 0 Å². The van der Waals surface area contributed by atoms with Crippen LogP contribution in [0.1, 0.15) is 112 Å². The first-order valence-electron chi connectivity index (χ1n) is 13.8. The zero-order chi connectivity index (χ0) is 24.4. The standard InChI is InChI=1S/C27H44O3.C3H6/c1-23(2)19-10-14-26(5)20(24(19,3)13-11-21(23)28)9-8-17-18-7-6-12-27(18,22(29)30)16-15-25(17,26)4;1-3-2/h17-21,28H,6-16H2,1-5H3,(H,29,30);3H,1H2,2H3/t17?,18-,19?,20?,21?,24?,25-,26?,27?;/m1./s1. The molecule has 5 rings (SSSR count). The molecule has 9 atom stereocenters. The van der Waals surface area contributed by atoms with E-state index >= 15 is 0 Å². The van der Waals surface area contributed by atoms with E-state index in [0.29, 0.717) is 34.5 Å². The quantitative estimate of drug-likeness (QED) is 0.400. The molecule has 3 nitrogen and oxygen atoms in total. The van der Waals surface area contributed by atoms with Crippen LogP contribution in [0.25, 0.3) is 0 Å². The van der Waals surface area contributed by atoms with Gasteiger partial charge in [0, 0.05) is 0 Å². The molecule has 2 N–H and O–H groups in total. The number of carboxylic acids is 1. The Morgan fingerprint density at radius 1 is 0.818 bits per heavy atom. The number of carbonyl (C=O) groups is 1. The summed E-state index contributed by atoms with van der Waals surface area (Å²) >= 11 is 0. The van der Waals surface area contributed by atoms with Gasteiger partial charge in [0.25, 0.3) is 0 Å². The van der Waals surface area contributed by atoms with E-state index in [1.807, 2.05) is 6.92 Å². The van der Waals surface area contributed by atoms with E-state index < -0.39 is 11.4 Å². The molecular formula is C30H50O3. The van der Waals surface area contributed by atoms with Gasteiger partial charge in [-0.3, -0.25) is 4.79 Å². The van der Waals surface area contributed by atoms with E-state index in [-0.39, 0.29) is 16.9 Å². The summed E-state index contributed by atoms with van der Waals surface area (Å²) in [5.41, 5.74) is 0.444. The Morgan fingerprint density at radius 3 is 2.12 bits per heavy atom. The fourth-order valence-corrected chi connectivity index (χ4v) is 10.9. The van der Waals surface area contributed by atoms with Crippen LogP contribution in [0.2, 0.25) is 0 Å². The Morgan fingerprint density at radius 2 is 1.48 bits per heavy atom. The lowest BCUT2D eigenvalue weighted by Crippen LogP contribution is -2.66. The maximum atomic E-state index is 12.4. The van der Waals surface area contributed by atoms with Gasteiger partial charge in [-0.05, 0) is 116 Å². The highest BCUT2D eigenvalue weighted by molar-refractivity contribution is 5.76. The van der Waals surface area contributed by atoms with E-state index in [9.17, 15) is 15.0 Å². The predicted octanol–water partition coefficient (Wildman–Crippen LogP) is 7.48. The third-order valence-corrected chi connectivity index (χ3v) is 12.8. The smallest absolute Gasteiger partial charge is 0.309 e. The van der Waals surface area contributed by atoms with Crippen molar-refractivity contribution in [2.45, 2.75) is 118 Å². The first-order valence-corrected chi connectivity index (χ1v) is 13.8. The van der Waals surface area contributed by atoms with Gasteiger partial charge in [0.1, 0.15) is 0 Å². The van der Waals surface area contributed by atoms with Crippen LogP contribution in [-0.2, 0) is 4.79 Å². The molecule has 0 aromatic heterocycles. The van der Waals surface area contributed by atoms with Gasteiger partial charge < -0.3 is 10.2 Å². The lowest BCUT2D eigenvalue weighted by atomic mass is 9.32. The van der Waals surface area contributed by atoms with Gasteiger partial charge in [0.05, 0.1) is 11.5 Å². The third-order valence-electron chi connectivity index (χ3n) is 12.8. The van der Waals surface area contributed by atoms with Crippen molar-refractivity contribution in [1.29, 1.82) is 0 Å². The molecule has 5 aliphatic carbocycles. The molecule has 0 saturated heterocycles. The van der Waals surface area contributed by atoms with E-state index in [4.69, 9.17) is 0 Å². The molecule has 188 valence electrons. The minimum Gasteiger partial charge on any atom is -0.481 e. The van der Waals surface area contributed by atoms with Crippen molar-refractivity contribution in [3.8, 4) is 0 Å². The molecule has 7 unspecified atom stereocenters. The summed E-state index contributed by atoms with van der Waals surface area (Å²) in [4.78, 5) is 12.4. The van der Waals surface area contributed by atoms with Crippen molar-refractivity contribution in [1.82, 2.24) is 0 Å². The van der Waals surface area contributed by atoms with Crippen molar-refractivity contribution < 1.29 is 15.0 Å². The van der Waals surface area contributed by atoms with E-state index in [1.54, 1.807) is 6.08 Å². The molecule has 33 heavy (non-hydrogen) atoms. The van der Waals surface area contributed by atoms with Gasteiger partial charge in [-0.2, -0.15) is 0 Å².